The quantitative estimate of drug-likeness (QED) is 0.212. The molecule has 0 unspecified atom stereocenters. The SMILES string of the molecule is CCNC(=O)C(=O)[C@H](CCC1CC1)NC(=O)[C@@H]1[C@@H]2[C@H](CN1C(=O)[C@@H](NC(=O)NC1(CS(=O)(=O)C(C)(C)C)CCCCC1)C(C)(C)C)C2(C)C. The van der Waals surface area contributed by atoms with Gasteiger partial charge in [0.1, 0.15) is 12.1 Å². The lowest BCUT2D eigenvalue weighted by Gasteiger charge is -2.41. The van der Waals surface area contributed by atoms with Gasteiger partial charge in [-0.1, -0.05) is 66.7 Å². The Kier molecular flexibility index (Phi) is 11.3. The molecule has 0 bridgehead atoms. The standard InChI is InChI=1S/C36H61N5O7S/c1-10-37-30(44)27(42)24(17-16-22-14-15-22)38-29(43)26-25-23(35(25,8)9)20-41(26)31(45)28(33(2,3)4)39-32(46)40-36(18-12-11-13-19-36)21-49(47,48)34(5,6)7/h22-26,28H,10-21H2,1-9H3,(H,37,44)(H,38,43)(H2,39,40,46)/t23-,24-,25-,26-,28+/m0/s1. The van der Waals surface area contributed by atoms with Crippen LogP contribution >= 0.6 is 0 Å². The molecule has 4 aliphatic rings. The Hall–Kier alpha value is -2.70. The average molecular weight is 708 g/mol. The van der Waals surface area contributed by atoms with Crippen LogP contribution < -0.4 is 21.3 Å². The molecule has 4 N–H and O–H groups in total. The van der Waals surface area contributed by atoms with E-state index in [9.17, 15) is 32.4 Å². The predicted molar refractivity (Wildman–Crippen MR) is 188 cm³/mol. The van der Waals surface area contributed by atoms with Crippen molar-refractivity contribution in [2.24, 2.45) is 28.6 Å². The molecular weight excluding hydrogens is 646 g/mol. The van der Waals surface area contributed by atoms with Crippen LogP contribution in [0.25, 0.3) is 0 Å². The summed E-state index contributed by atoms with van der Waals surface area (Å²) in [5, 5.41) is 11.3. The van der Waals surface area contributed by atoms with E-state index >= 15 is 0 Å². The second-order valence-corrected chi connectivity index (χ2v) is 20.5. The molecule has 3 saturated carbocycles. The Balaban J connectivity index is 1.55. The number of Topliss-reactive ketones (excluding diaryl/α,β-unsaturated/α-hetero) is 1. The highest BCUT2D eigenvalue weighted by Gasteiger charge is 2.70. The highest BCUT2D eigenvalue weighted by molar-refractivity contribution is 7.92. The number of likely N-dealkylation sites (tertiary alicyclic amines) is 1. The van der Waals surface area contributed by atoms with Crippen molar-refractivity contribution in [1.29, 1.82) is 0 Å². The number of piperidine rings is 1. The lowest BCUT2D eigenvalue weighted by Crippen LogP contribution is -2.64. The van der Waals surface area contributed by atoms with Crippen LogP contribution in [0.15, 0.2) is 0 Å². The molecule has 0 aromatic heterocycles. The van der Waals surface area contributed by atoms with Gasteiger partial charge in [-0.3, -0.25) is 19.2 Å². The molecule has 1 saturated heterocycles. The molecule has 5 atom stereocenters. The summed E-state index contributed by atoms with van der Waals surface area (Å²) in [6.45, 7) is 17.0. The fraction of sp³-hybridized carbons (Fsp3) is 0.861. The van der Waals surface area contributed by atoms with Crippen LogP contribution in [0.5, 0.6) is 0 Å². The van der Waals surface area contributed by atoms with Crippen LogP contribution in [0.1, 0.15) is 120 Å². The number of urea groups is 1. The number of hydrogen-bond donors (Lipinski definition) is 4. The van der Waals surface area contributed by atoms with Crippen molar-refractivity contribution >= 4 is 39.4 Å². The normalized spacial score (nSPS) is 25.7. The number of sulfone groups is 1. The van der Waals surface area contributed by atoms with Crippen molar-refractivity contribution in [2.45, 2.75) is 149 Å². The molecular formula is C36H61N5O7S. The minimum absolute atomic E-state index is 0.0683. The minimum Gasteiger partial charge on any atom is -0.350 e. The number of rotatable bonds is 13. The lowest BCUT2D eigenvalue weighted by atomic mass is 9.83. The topological polar surface area (TPSA) is 171 Å². The fourth-order valence-corrected chi connectivity index (χ4v) is 9.41. The molecule has 3 aliphatic carbocycles. The van der Waals surface area contributed by atoms with Crippen molar-refractivity contribution in [1.82, 2.24) is 26.2 Å². The third-order valence-electron chi connectivity index (χ3n) is 11.5. The maximum absolute atomic E-state index is 14.5. The van der Waals surface area contributed by atoms with Gasteiger partial charge in [-0.2, -0.15) is 0 Å². The van der Waals surface area contributed by atoms with Crippen molar-refractivity contribution < 1.29 is 32.4 Å². The number of nitrogens with zero attached hydrogens (tertiary/aromatic N) is 1. The number of ketones is 1. The maximum atomic E-state index is 14.5. The van der Waals surface area contributed by atoms with Crippen molar-refractivity contribution in [2.75, 3.05) is 18.8 Å². The van der Waals surface area contributed by atoms with Crippen LogP contribution in [0.3, 0.4) is 0 Å². The molecule has 1 heterocycles. The van der Waals surface area contributed by atoms with Crippen molar-refractivity contribution in [3.63, 3.8) is 0 Å². The molecule has 12 nitrogen and oxygen atoms in total. The minimum atomic E-state index is -3.56. The number of hydrogen-bond acceptors (Lipinski definition) is 7. The van der Waals surface area contributed by atoms with Crippen molar-refractivity contribution in [3.05, 3.63) is 0 Å². The first kappa shape index (κ1) is 39.1. The van der Waals surface area contributed by atoms with E-state index in [-0.39, 0.29) is 23.0 Å². The highest BCUT2D eigenvalue weighted by Crippen LogP contribution is 2.65. The van der Waals surface area contributed by atoms with E-state index in [2.05, 4.69) is 35.1 Å². The first-order valence-electron chi connectivity index (χ1n) is 18.3. The first-order chi connectivity index (χ1) is 22.5. The zero-order valence-corrected chi connectivity index (χ0v) is 32.0. The highest BCUT2D eigenvalue weighted by atomic mass is 32.2. The van der Waals surface area contributed by atoms with Gasteiger partial charge >= 0.3 is 6.03 Å². The average Bonchev–Trinajstić information content (AvgIpc) is 3.84. The zero-order chi connectivity index (χ0) is 36.7. The summed E-state index contributed by atoms with van der Waals surface area (Å²) in [5.74, 6) is -2.05. The molecule has 49 heavy (non-hydrogen) atoms. The Morgan fingerprint density at radius 1 is 0.918 bits per heavy atom. The number of nitrogens with one attached hydrogen (secondary N) is 4. The first-order valence-corrected chi connectivity index (χ1v) is 19.9. The lowest BCUT2D eigenvalue weighted by molar-refractivity contribution is -0.145. The van der Waals surface area contributed by atoms with Gasteiger partial charge in [-0.15, -0.1) is 0 Å². The molecule has 5 amide bonds. The van der Waals surface area contributed by atoms with Gasteiger partial charge in [0.25, 0.3) is 5.91 Å². The van der Waals surface area contributed by atoms with Crippen LogP contribution in [0, 0.1) is 28.6 Å². The van der Waals surface area contributed by atoms with Crippen LogP contribution in [0.4, 0.5) is 4.79 Å². The number of carbonyl (C=O) groups is 5. The van der Waals surface area contributed by atoms with E-state index in [1.165, 1.54) is 0 Å². The van der Waals surface area contributed by atoms with Gasteiger partial charge in [0.05, 0.1) is 22.1 Å². The van der Waals surface area contributed by atoms with E-state index in [1.807, 2.05) is 20.8 Å². The third kappa shape index (κ3) is 8.79. The summed E-state index contributed by atoms with van der Waals surface area (Å²) >= 11 is 0. The predicted octanol–water partition coefficient (Wildman–Crippen LogP) is 3.48. The maximum Gasteiger partial charge on any atom is 0.315 e. The monoisotopic (exact) mass is 707 g/mol. The van der Waals surface area contributed by atoms with Crippen LogP contribution in [0.2, 0.25) is 0 Å². The van der Waals surface area contributed by atoms with Gasteiger partial charge in [0.15, 0.2) is 9.84 Å². The molecule has 4 rings (SSSR count). The Morgan fingerprint density at radius 3 is 2.06 bits per heavy atom. The molecule has 1 aliphatic heterocycles. The molecule has 4 fully saturated rings. The summed E-state index contributed by atoms with van der Waals surface area (Å²) in [6, 6.07) is -3.49. The van der Waals surface area contributed by atoms with Crippen LogP contribution in [-0.4, -0.2) is 90.1 Å². The second kappa shape index (κ2) is 14.1. The largest absolute Gasteiger partial charge is 0.350 e. The fourth-order valence-electron chi connectivity index (χ4n) is 7.89. The smallest absolute Gasteiger partial charge is 0.315 e. The summed E-state index contributed by atoms with van der Waals surface area (Å²) in [4.78, 5) is 69.5. The van der Waals surface area contributed by atoms with Crippen LogP contribution in [-0.2, 0) is 29.0 Å². The van der Waals surface area contributed by atoms with Gasteiger partial charge in [0.2, 0.25) is 17.6 Å². The van der Waals surface area contributed by atoms with Crippen molar-refractivity contribution in [3.8, 4) is 0 Å². The number of carbonyl (C=O) groups excluding carboxylic acids is 5. The Morgan fingerprint density at radius 2 is 1.53 bits per heavy atom. The van der Waals surface area contributed by atoms with Gasteiger partial charge in [-0.05, 0) is 82.0 Å². The molecule has 0 aromatic carbocycles. The zero-order valence-electron chi connectivity index (χ0n) is 31.2. The molecule has 0 aromatic rings. The van der Waals surface area contributed by atoms with E-state index in [0.29, 0.717) is 38.3 Å². The number of fused-ring (bicyclic) bond motifs is 1. The van der Waals surface area contributed by atoms with E-state index in [4.69, 9.17) is 0 Å². The van der Waals surface area contributed by atoms with Gasteiger partial charge in [0, 0.05) is 13.1 Å². The van der Waals surface area contributed by atoms with E-state index < -0.39 is 73.2 Å². The Labute approximate surface area is 293 Å². The third-order valence-corrected chi connectivity index (χ3v) is 14.3. The summed E-state index contributed by atoms with van der Waals surface area (Å²) in [6.07, 6.45) is 6.79. The van der Waals surface area contributed by atoms with Gasteiger partial charge < -0.3 is 26.2 Å². The Bertz CT molecular complexity index is 1400. The van der Waals surface area contributed by atoms with E-state index in [1.54, 1.807) is 32.6 Å². The van der Waals surface area contributed by atoms with E-state index in [0.717, 1.165) is 38.5 Å². The molecule has 13 heteroatoms. The molecule has 0 spiro atoms. The molecule has 278 valence electrons. The molecule has 0 radical (unpaired) electrons. The summed E-state index contributed by atoms with van der Waals surface area (Å²) in [7, 11) is -3.56. The summed E-state index contributed by atoms with van der Waals surface area (Å²) < 4.78 is 25.6. The van der Waals surface area contributed by atoms with Gasteiger partial charge in [-0.25, -0.2) is 13.2 Å². The number of amides is 5. The summed E-state index contributed by atoms with van der Waals surface area (Å²) in [5.41, 5.74) is -1.90. The second-order valence-electron chi connectivity index (χ2n) is 17.8. The number of likely N-dealkylation sites (N-methyl/N-ethyl adjacent to an activating group) is 1.